The first-order valence-corrected chi connectivity index (χ1v) is 8.58. The maximum Gasteiger partial charge on any atom is 0.122 e. The molecule has 104 valence electrons. The van der Waals surface area contributed by atoms with E-state index in [9.17, 15) is 4.21 Å². The number of hydrogen-bond acceptors (Lipinski definition) is 3. The lowest BCUT2D eigenvalue weighted by Gasteiger charge is -2.26. The van der Waals surface area contributed by atoms with Gasteiger partial charge in [0.2, 0.25) is 0 Å². The second-order valence-electron chi connectivity index (χ2n) is 5.48. The minimum absolute atomic E-state index is 0.349. The van der Waals surface area contributed by atoms with Crippen LogP contribution in [0, 0.1) is 0 Å². The van der Waals surface area contributed by atoms with Crippen LogP contribution in [-0.4, -0.2) is 28.4 Å². The summed E-state index contributed by atoms with van der Waals surface area (Å²) < 4.78 is 16.9. The van der Waals surface area contributed by atoms with Crippen LogP contribution < -0.4 is 10.1 Å². The van der Waals surface area contributed by atoms with Gasteiger partial charge in [0.05, 0.1) is 6.61 Å². The van der Waals surface area contributed by atoms with Crippen LogP contribution >= 0.6 is 0 Å². The number of nitrogens with one attached hydrogen (secondary N) is 1. The van der Waals surface area contributed by atoms with Crippen LogP contribution in [0.1, 0.15) is 36.9 Å². The Hall–Kier alpha value is -0.870. The van der Waals surface area contributed by atoms with Crippen molar-refractivity contribution in [1.29, 1.82) is 0 Å². The molecule has 0 spiro atoms. The minimum atomic E-state index is -0.577. The molecule has 0 bridgehead atoms. The van der Waals surface area contributed by atoms with E-state index < -0.39 is 10.8 Å². The van der Waals surface area contributed by atoms with Gasteiger partial charge in [-0.1, -0.05) is 12.1 Å². The number of rotatable bonds is 3. The molecule has 2 heterocycles. The van der Waals surface area contributed by atoms with Crippen molar-refractivity contribution in [2.75, 3.05) is 18.1 Å². The van der Waals surface area contributed by atoms with E-state index >= 15 is 0 Å². The highest BCUT2D eigenvalue weighted by Gasteiger charge is 2.20. The topological polar surface area (TPSA) is 38.3 Å². The van der Waals surface area contributed by atoms with Crippen LogP contribution in [0.25, 0.3) is 0 Å². The van der Waals surface area contributed by atoms with E-state index in [1.165, 1.54) is 11.1 Å². The maximum absolute atomic E-state index is 11.4. The predicted molar refractivity (Wildman–Crippen MR) is 78.1 cm³/mol. The van der Waals surface area contributed by atoms with Crippen molar-refractivity contribution in [3.05, 3.63) is 29.3 Å². The second-order valence-corrected chi connectivity index (χ2v) is 7.17. The summed E-state index contributed by atoms with van der Waals surface area (Å²) in [4.78, 5) is 0. The van der Waals surface area contributed by atoms with Gasteiger partial charge in [-0.15, -0.1) is 0 Å². The molecule has 1 unspecified atom stereocenters. The Morgan fingerprint density at radius 1 is 1.37 bits per heavy atom. The Morgan fingerprint density at radius 2 is 2.16 bits per heavy atom. The zero-order valence-corrected chi connectivity index (χ0v) is 12.2. The molecule has 0 amide bonds. The fourth-order valence-electron chi connectivity index (χ4n) is 2.89. The van der Waals surface area contributed by atoms with Gasteiger partial charge in [-0.3, -0.25) is 4.21 Å². The molecule has 0 saturated carbocycles. The summed E-state index contributed by atoms with van der Waals surface area (Å²) in [5.41, 5.74) is 2.66. The highest BCUT2D eigenvalue weighted by Crippen LogP contribution is 2.28. The number of benzene rings is 1. The van der Waals surface area contributed by atoms with Gasteiger partial charge in [-0.2, -0.15) is 0 Å². The van der Waals surface area contributed by atoms with E-state index in [-0.39, 0.29) is 0 Å². The Kier molecular flexibility index (Phi) is 3.89. The summed E-state index contributed by atoms with van der Waals surface area (Å²) in [5, 5.41) is 3.67. The van der Waals surface area contributed by atoms with Crippen LogP contribution in [0.5, 0.6) is 5.75 Å². The van der Waals surface area contributed by atoms with Gasteiger partial charge in [0.15, 0.2) is 0 Å². The molecule has 1 aromatic carbocycles. The van der Waals surface area contributed by atoms with Crippen LogP contribution in [0.2, 0.25) is 0 Å². The van der Waals surface area contributed by atoms with Crippen molar-refractivity contribution in [3.63, 3.8) is 0 Å². The van der Waals surface area contributed by atoms with Crippen molar-refractivity contribution < 1.29 is 8.95 Å². The summed E-state index contributed by atoms with van der Waals surface area (Å²) in [5.74, 6) is 2.74. The Balaban J connectivity index is 1.63. The quantitative estimate of drug-likeness (QED) is 0.921. The zero-order chi connectivity index (χ0) is 13.2. The smallest absolute Gasteiger partial charge is 0.122 e. The van der Waals surface area contributed by atoms with Crippen LogP contribution in [-0.2, 0) is 17.2 Å². The summed E-state index contributed by atoms with van der Waals surface area (Å²) in [6.45, 7) is 3.03. The maximum atomic E-state index is 11.4. The van der Waals surface area contributed by atoms with E-state index in [4.69, 9.17) is 4.74 Å². The lowest BCUT2D eigenvalue weighted by Crippen LogP contribution is -2.37. The third-order valence-electron chi connectivity index (χ3n) is 4.09. The number of ether oxygens (including phenoxy) is 1. The monoisotopic (exact) mass is 279 g/mol. The third kappa shape index (κ3) is 3.00. The molecule has 0 radical (unpaired) electrons. The van der Waals surface area contributed by atoms with Crippen LogP contribution in [0.4, 0.5) is 0 Å². The predicted octanol–water partition coefficient (Wildman–Crippen LogP) is 2.18. The van der Waals surface area contributed by atoms with Gasteiger partial charge in [0.25, 0.3) is 0 Å². The molecule has 1 saturated heterocycles. The van der Waals surface area contributed by atoms with Gasteiger partial charge in [0, 0.05) is 40.8 Å². The van der Waals surface area contributed by atoms with E-state index in [0.717, 1.165) is 43.1 Å². The molecule has 3 nitrogen and oxygen atoms in total. The highest BCUT2D eigenvalue weighted by molar-refractivity contribution is 7.85. The van der Waals surface area contributed by atoms with E-state index in [1.54, 1.807) is 0 Å². The first-order valence-electron chi connectivity index (χ1n) is 7.09. The van der Waals surface area contributed by atoms with E-state index in [2.05, 4.69) is 30.4 Å². The van der Waals surface area contributed by atoms with Gasteiger partial charge >= 0.3 is 0 Å². The van der Waals surface area contributed by atoms with Crippen molar-refractivity contribution in [1.82, 2.24) is 5.32 Å². The molecule has 1 aromatic rings. The van der Waals surface area contributed by atoms with Gasteiger partial charge in [-0.25, -0.2) is 0 Å². The highest BCUT2D eigenvalue weighted by atomic mass is 32.2. The average Bonchev–Trinajstić information content (AvgIpc) is 2.88. The molecular weight excluding hydrogens is 258 g/mol. The molecule has 2 aliphatic heterocycles. The molecule has 1 N–H and O–H groups in total. The Labute approximate surface area is 117 Å². The normalized spacial score (nSPS) is 27.6. The summed E-state index contributed by atoms with van der Waals surface area (Å²) >= 11 is 0. The van der Waals surface area contributed by atoms with Crippen molar-refractivity contribution in [2.45, 2.75) is 38.3 Å². The molecule has 2 aliphatic rings. The van der Waals surface area contributed by atoms with Crippen LogP contribution in [0.3, 0.4) is 0 Å². The third-order valence-corrected chi connectivity index (χ3v) is 5.47. The van der Waals surface area contributed by atoms with Gasteiger partial charge < -0.3 is 10.1 Å². The molecule has 1 fully saturated rings. The molecular formula is C15H21NO2S. The fourth-order valence-corrected chi connectivity index (χ4v) is 4.19. The largest absolute Gasteiger partial charge is 0.493 e. The lowest BCUT2D eigenvalue weighted by atomic mass is 10.0. The van der Waals surface area contributed by atoms with Crippen molar-refractivity contribution in [2.24, 2.45) is 0 Å². The molecule has 3 rings (SSSR count). The van der Waals surface area contributed by atoms with Crippen molar-refractivity contribution in [3.8, 4) is 5.75 Å². The second kappa shape index (κ2) is 5.63. The SMILES string of the molecule is CC(NC1CCS(=O)CC1)c1ccc2c(c1)CCO2. The molecule has 1 atom stereocenters. The summed E-state index contributed by atoms with van der Waals surface area (Å²) in [7, 11) is -0.577. The first kappa shape index (κ1) is 13.1. The number of fused-ring (bicyclic) bond motifs is 1. The van der Waals surface area contributed by atoms with Crippen molar-refractivity contribution >= 4 is 10.8 Å². The lowest BCUT2D eigenvalue weighted by molar-refractivity contribution is 0.356. The van der Waals surface area contributed by atoms with E-state index in [0.29, 0.717) is 12.1 Å². The van der Waals surface area contributed by atoms with E-state index in [1.807, 2.05) is 0 Å². The first-order chi connectivity index (χ1) is 9.22. The molecule has 0 aliphatic carbocycles. The Bertz CT molecular complexity index is 479. The summed E-state index contributed by atoms with van der Waals surface area (Å²) in [6, 6.07) is 7.37. The standard InChI is InChI=1S/C15H21NO2S/c1-11(16-14-5-8-19(17)9-6-14)12-2-3-15-13(10-12)4-7-18-15/h2-3,10-11,14,16H,4-9H2,1H3. The average molecular weight is 279 g/mol. The molecule has 4 heteroatoms. The zero-order valence-electron chi connectivity index (χ0n) is 11.4. The summed E-state index contributed by atoms with van der Waals surface area (Å²) in [6.07, 6.45) is 3.09. The Morgan fingerprint density at radius 3 is 2.95 bits per heavy atom. The molecule has 0 aromatic heterocycles. The van der Waals surface area contributed by atoms with Crippen LogP contribution in [0.15, 0.2) is 18.2 Å². The minimum Gasteiger partial charge on any atom is -0.493 e. The molecule has 19 heavy (non-hydrogen) atoms. The van der Waals surface area contributed by atoms with Gasteiger partial charge in [0.1, 0.15) is 5.75 Å². The number of hydrogen-bond donors (Lipinski definition) is 1. The fraction of sp³-hybridized carbons (Fsp3) is 0.600. The van der Waals surface area contributed by atoms with Gasteiger partial charge in [-0.05, 0) is 37.0 Å².